The molecule has 168 valence electrons. The van der Waals surface area contributed by atoms with Crippen molar-refractivity contribution in [2.24, 2.45) is 11.7 Å². The zero-order chi connectivity index (χ0) is 22.6. The number of anilines is 1. The summed E-state index contributed by atoms with van der Waals surface area (Å²) in [4.78, 5) is 18.5. The standard InChI is InChI=1S/C27H28N4O2/c1-29-26-30-24-22(25(32)31(26)16-17-8-9-17)21(18-6-3-2-4-7-18)23(33-24)19-10-12-20(13-11-19)27(28)14-5-15-27/h2-4,6-7,10-13,17H,5,8-9,14-16,28H2,1H3,(H,29,30). The normalized spacial score (nSPS) is 17.2. The molecule has 0 unspecified atom stereocenters. The number of hydrogen-bond donors (Lipinski definition) is 2. The summed E-state index contributed by atoms with van der Waals surface area (Å²) in [5.41, 5.74) is 10.4. The van der Waals surface area contributed by atoms with E-state index in [-0.39, 0.29) is 11.1 Å². The van der Waals surface area contributed by atoms with Gasteiger partial charge in [-0.3, -0.25) is 9.36 Å². The van der Waals surface area contributed by atoms with Gasteiger partial charge in [-0.1, -0.05) is 54.6 Å². The second-order valence-electron chi connectivity index (χ2n) is 9.48. The predicted octanol–water partition coefficient (Wildman–Crippen LogP) is 5.11. The van der Waals surface area contributed by atoms with Crippen molar-refractivity contribution >= 4 is 17.0 Å². The minimum absolute atomic E-state index is 0.0582. The molecular formula is C27H28N4O2. The lowest BCUT2D eigenvalue weighted by molar-refractivity contribution is 0.253. The number of aromatic nitrogens is 2. The highest BCUT2D eigenvalue weighted by Crippen LogP contribution is 2.42. The van der Waals surface area contributed by atoms with E-state index in [1.54, 1.807) is 11.6 Å². The Morgan fingerprint density at radius 1 is 1.09 bits per heavy atom. The highest BCUT2D eigenvalue weighted by Gasteiger charge is 2.34. The Bertz CT molecular complexity index is 1380. The Labute approximate surface area is 192 Å². The largest absolute Gasteiger partial charge is 0.437 e. The minimum atomic E-state index is -0.214. The number of nitrogens with zero attached hydrogens (tertiary/aromatic N) is 2. The molecule has 6 rings (SSSR count). The molecule has 2 saturated carbocycles. The van der Waals surface area contributed by atoms with Crippen LogP contribution in [-0.4, -0.2) is 16.6 Å². The first kappa shape index (κ1) is 20.2. The second kappa shape index (κ2) is 7.59. The molecule has 6 heteroatoms. The van der Waals surface area contributed by atoms with Gasteiger partial charge in [-0.25, -0.2) is 0 Å². The molecule has 0 spiro atoms. The smallest absolute Gasteiger partial charge is 0.266 e. The summed E-state index contributed by atoms with van der Waals surface area (Å²) >= 11 is 0. The highest BCUT2D eigenvalue weighted by atomic mass is 16.3. The van der Waals surface area contributed by atoms with Crippen LogP contribution in [0, 0.1) is 5.92 Å². The van der Waals surface area contributed by atoms with Gasteiger partial charge in [0, 0.05) is 30.3 Å². The predicted molar refractivity (Wildman–Crippen MR) is 131 cm³/mol. The summed E-state index contributed by atoms with van der Waals surface area (Å²) in [5.74, 6) is 1.76. The molecule has 2 aromatic carbocycles. The van der Waals surface area contributed by atoms with Crippen molar-refractivity contribution in [3.05, 3.63) is 70.5 Å². The topological polar surface area (TPSA) is 86.1 Å². The van der Waals surface area contributed by atoms with Crippen molar-refractivity contribution in [1.82, 2.24) is 9.55 Å². The molecule has 0 amide bonds. The first-order valence-corrected chi connectivity index (χ1v) is 11.8. The lowest BCUT2D eigenvalue weighted by Gasteiger charge is -2.38. The van der Waals surface area contributed by atoms with Crippen LogP contribution in [0.1, 0.15) is 37.7 Å². The third-order valence-electron chi connectivity index (χ3n) is 7.20. The fourth-order valence-electron chi connectivity index (χ4n) is 4.89. The molecule has 0 bridgehead atoms. The van der Waals surface area contributed by atoms with Crippen molar-refractivity contribution in [1.29, 1.82) is 0 Å². The molecule has 2 heterocycles. The Morgan fingerprint density at radius 2 is 1.82 bits per heavy atom. The number of benzene rings is 2. The summed E-state index contributed by atoms with van der Waals surface area (Å²) in [6.45, 7) is 0.681. The molecule has 4 aromatic rings. The van der Waals surface area contributed by atoms with Crippen LogP contribution >= 0.6 is 0 Å². The molecular weight excluding hydrogens is 412 g/mol. The Kier molecular flexibility index (Phi) is 4.66. The Balaban J connectivity index is 1.57. The molecule has 2 fully saturated rings. The van der Waals surface area contributed by atoms with Crippen molar-refractivity contribution in [2.75, 3.05) is 12.4 Å². The third kappa shape index (κ3) is 3.37. The van der Waals surface area contributed by atoms with Crippen molar-refractivity contribution in [3.63, 3.8) is 0 Å². The van der Waals surface area contributed by atoms with Crippen LogP contribution < -0.4 is 16.6 Å². The average molecular weight is 441 g/mol. The maximum Gasteiger partial charge on any atom is 0.266 e. The van der Waals surface area contributed by atoms with Crippen LogP contribution in [0.5, 0.6) is 0 Å². The highest BCUT2D eigenvalue weighted by molar-refractivity contribution is 6.00. The molecule has 33 heavy (non-hydrogen) atoms. The van der Waals surface area contributed by atoms with E-state index in [9.17, 15) is 4.79 Å². The quantitative estimate of drug-likeness (QED) is 0.435. The maximum atomic E-state index is 13.7. The summed E-state index contributed by atoms with van der Waals surface area (Å²) in [6, 6.07) is 18.2. The van der Waals surface area contributed by atoms with Crippen LogP contribution in [-0.2, 0) is 12.1 Å². The van der Waals surface area contributed by atoms with Crippen LogP contribution in [0.25, 0.3) is 33.6 Å². The fraction of sp³-hybridized carbons (Fsp3) is 0.333. The maximum absolute atomic E-state index is 13.7. The molecule has 0 saturated heterocycles. The van der Waals surface area contributed by atoms with Gasteiger partial charge in [0.25, 0.3) is 5.56 Å². The second-order valence-corrected chi connectivity index (χ2v) is 9.48. The van der Waals surface area contributed by atoms with Crippen molar-refractivity contribution in [3.8, 4) is 22.5 Å². The Morgan fingerprint density at radius 3 is 2.42 bits per heavy atom. The lowest BCUT2D eigenvalue weighted by atomic mass is 9.72. The van der Waals surface area contributed by atoms with Gasteiger partial charge in [0.15, 0.2) is 0 Å². The molecule has 0 radical (unpaired) electrons. The first-order chi connectivity index (χ1) is 16.1. The monoisotopic (exact) mass is 440 g/mol. The summed E-state index contributed by atoms with van der Waals surface area (Å²) in [7, 11) is 1.79. The average Bonchev–Trinajstić information content (AvgIpc) is 3.57. The molecule has 2 aromatic heterocycles. The van der Waals surface area contributed by atoms with E-state index in [2.05, 4.69) is 17.4 Å². The van der Waals surface area contributed by atoms with E-state index in [0.717, 1.165) is 47.9 Å². The van der Waals surface area contributed by atoms with Gasteiger partial charge >= 0.3 is 0 Å². The van der Waals surface area contributed by atoms with E-state index in [0.29, 0.717) is 35.3 Å². The molecule has 2 aliphatic rings. The molecule has 6 nitrogen and oxygen atoms in total. The zero-order valence-electron chi connectivity index (χ0n) is 18.8. The van der Waals surface area contributed by atoms with E-state index in [1.807, 2.05) is 42.5 Å². The number of rotatable bonds is 6. The van der Waals surface area contributed by atoms with Crippen LogP contribution in [0.3, 0.4) is 0 Å². The van der Waals surface area contributed by atoms with Gasteiger partial charge in [-0.2, -0.15) is 4.98 Å². The lowest BCUT2D eigenvalue weighted by Crippen LogP contribution is -2.43. The Hall–Kier alpha value is -3.38. The summed E-state index contributed by atoms with van der Waals surface area (Å²) < 4.78 is 8.08. The van der Waals surface area contributed by atoms with Gasteiger partial charge in [-0.05, 0) is 49.1 Å². The van der Waals surface area contributed by atoms with Crippen molar-refractivity contribution < 1.29 is 4.42 Å². The van der Waals surface area contributed by atoms with Crippen LogP contribution in [0.4, 0.5) is 5.95 Å². The number of hydrogen-bond acceptors (Lipinski definition) is 5. The molecule has 2 aliphatic carbocycles. The number of nitrogens with two attached hydrogens (primary N) is 1. The zero-order valence-corrected chi connectivity index (χ0v) is 18.8. The van der Waals surface area contributed by atoms with Gasteiger partial charge < -0.3 is 15.5 Å². The fourth-order valence-corrected chi connectivity index (χ4v) is 4.89. The first-order valence-electron chi connectivity index (χ1n) is 11.8. The van der Waals surface area contributed by atoms with E-state index in [4.69, 9.17) is 15.1 Å². The van der Waals surface area contributed by atoms with Gasteiger partial charge in [0.2, 0.25) is 11.7 Å². The van der Waals surface area contributed by atoms with Crippen molar-refractivity contribution in [2.45, 2.75) is 44.2 Å². The SMILES string of the molecule is CNc1nc2oc(-c3ccc(C4(N)CCC4)cc3)c(-c3ccccc3)c2c(=O)n1CC1CC1. The number of fused-ring (bicyclic) bond motifs is 1. The number of furan rings is 1. The summed E-state index contributed by atoms with van der Waals surface area (Å²) in [5, 5.41) is 3.62. The van der Waals surface area contributed by atoms with Gasteiger partial charge in [0.1, 0.15) is 11.1 Å². The van der Waals surface area contributed by atoms with E-state index < -0.39 is 0 Å². The third-order valence-corrected chi connectivity index (χ3v) is 7.20. The molecule has 3 N–H and O–H groups in total. The van der Waals surface area contributed by atoms with Gasteiger partial charge in [0.05, 0.1) is 0 Å². The number of nitrogens with one attached hydrogen (secondary N) is 1. The van der Waals surface area contributed by atoms with Crippen LogP contribution in [0.15, 0.2) is 63.8 Å². The van der Waals surface area contributed by atoms with Crippen LogP contribution in [0.2, 0.25) is 0 Å². The van der Waals surface area contributed by atoms with E-state index in [1.165, 1.54) is 6.42 Å². The summed E-state index contributed by atoms with van der Waals surface area (Å²) in [6.07, 6.45) is 5.52. The van der Waals surface area contributed by atoms with Gasteiger partial charge in [-0.15, -0.1) is 0 Å². The molecule has 0 atom stereocenters. The molecule has 0 aliphatic heterocycles. The van der Waals surface area contributed by atoms with E-state index >= 15 is 0 Å². The minimum Gasteiger partial charge on any atom is -0.437 e.